The molecule has 0 bridgehead atoms. The molecular weight excluding hydrogens is 219 g/mol. The maximum Gasteiger partial charge on any atom is 0.228 e. The lowest BCUT2D eigenvalue weighted by Gasteiger charge is -2.23. The van der Waals surface area contributed by atoms with E-state index in [2.05, 4.69) is 0 Å². The summed E-state index contributed by atoms with van der Waals surface area (Å²) in [7, 11) is 0. The van der Waals surface area contributed by atoms with Crippen LogP contribution in [0, 0.1) is 5.82 Å². The van der Waals surface area contributed by atoms with E-state index in [-0.39, 0.29) is 18.1 Å². The van der Waals surface area contributed by atoms with Gasteiger partial charge in [-0.1, -0.05) is 6.07 Å². The standard InChI is InChI=1S/C13H17FN2O/c1-13(2,15)8-12(17)16-6-5-9-3-4-10(14)7-11(9)16/h3-4,7H,5-6,8,15H2,1-2H3. The Hall–Kier alpha value is -1.42. The largest absolute Gasteiger partial charge is 0.325 e. The molecule has 0 unspecified atom stereocenters. The van der Waals surface area contributed by atoms with Gasteiger partial charge in [-0.25, -0.2) is 4.39 Å². The fourth-order valence-electron chi connectivity index (χ4n) is 2.10. The van der Waals surface area contributed by atoms with Gasteiger partial charge in [0, 0.05) is 24.2 Å². The van der Waals surface area contributed by atoms with Gasteiger partial charge in [0.15, 0.2) is 0 Å². The van der Waals surface area contributed by atoms with E-state index in [1.165, 1.54) is 12.1 Å². The second kappa shape index (κ2) is 4.11. The van der Waals surface area contributed by atoms with E-state index in [0.29, 0.717) is 12.2 Å². The van der Waals surface area contributed by atoms with E-state index < -0.39 is 5.54 Å². The summed E-state index contributed by atoms with van der Waals surface area (Å²) < 4.78 is 13.2. The second-order valence-corrected chi connectivity index (χ2v) is 5.23. The monoisotopic (exact) mass is 236 g/mol. The van der Waals surface area contributed by atoms with E-state index in [9.17, 15) is 9.18 Å². The fraction of sp³-hybridized carbons (Fsp3) is 0.462. The second-order valence-electron chi connectivity index (χ2n) is 5.23. The van der Waals surface area contributed by atoms with Crippen molar-refractivity contribution in [3.8, 4) is 0 Å². The number of rotatable bonds is 2. The molecule has 0 saturated carbocycles. The molecule has 1 aliphatic rings. The molecule has 0 saturated heterocycles. The predicted octanol–water partition coefficient (Wildman–Crippen LogP) is 1.84. The Balaban J connectivity index is 2.22. The molecule has 0 fully saturated rings. The number of hydrogen-bond donors (Lipinski definition) is 1. The number of halogens is 1. The van der Waals surface area contributed by atoms with Crippen LogP contribution in [0.15, 0.2) is 18.2 Å². The molecule has 0 spiro atoms. The van der Waals surface area contributed by atoms with Crippen molar-refractivity contribution in [2.45, 2.75) is 32.2 Å². The van der Waals surface area contributed by atoms with Gasteiger partial charge < -0.3 is 10.6 Å². The molecule has 3 nitrogen and oxygen atoms in total. The maximum absolute atomic E-state index is 13.2. The molecule has 0 aromatic heterocycles. The quantitative estimate of drug-likeness (QED) is 0.851. The first-order valence-corrected chi connectivity index (χ1v) is 5.74. The summed E-state index contributed by atoms with van der Waals surface area (Å²) in [5.74, 6) is -0.350. The van der Waals surface area contributed by atoms with Gasteiger partial charge in [-0.05, 0) is 38.0 Å². The van der Waals surface area contributed by atoms with Crippen LogP contribution in [0.1, 0.15) is 25.8 Å². The van der Waals surface area contributed by atoms with Crippen molar-refractivity contribution in [2.75, 3.05) is 11.4 Å². The van der Waals surface area contributed by atoms with Crippen LogP contribution in [0.2, 0.25) is 0 Å². The Labute approximate surface area is 100 Å². The Morgan fingerprint density at radius 2 is 2.24 bits per heavy atom. The zero-order chi connectivity index (χ0) is 12.6. The number of benzene rings is 1. The van der Waals surface area contributed by atoms with Crippen LogP contribution in [-0.2, 0) is 11.2 Å². The lowest BCUT2D eigenvalue weighted by molar-refractivity contribution is -0.119. The minimum atomic E-state index is -0.535. The summed E-state index contributed by atoms with van der Waals surface area (Å²) in [6.45, 7) is 4.24. The van der Waals surface area contributed by atoms with E-state index in [1.807, 2.05) is 13.8 Å². The number of nitrogens with zero attached hydrogens (tertiary/aromatic N) is 1. The van der Waals surface area contributed by atoms with Crippen molar-refractivity contribution in [3.63, 3.8) is 0 Å². The van der Waals surface area contributed by atoms with Gasteiger partial charge >= 0.3 is 0 Å². The number of hydrogen-bond acceptors (Lipinski definition) is 2. The molecule has 1 aliphatic heterocycles. The number of anilines is 1. The number of carbonyl (C=O) groups is 1. The van der Waals surface area contributed by atoms with Gasteiger partial charge in [0.05, 0.1) is 0 Å². The Morgan fingerprint density at radius 1 is 1.53 bits per heavy atom. The van der Waals surface area contributed by atoms with Crippen molar-refractivity contribution in [3.05, 3.63) is 29.6 Å². The highest BCUT2D eigenvalue weighted by Crippen LogP contribution is 2.29. The first-order valence-electron chi connectivity index (χ1n) is 5.74. The SMILES string of the molecule is CC(C)(N)CC(=O)N1CCc2ccc(F)cc21. The Morgan fingerprint density at radius 3 is 2.88 bits per heavy atom. The molecule has 1 amide bonds. The summed E-state index contributed by atoms with van der Waals surface area (Å²) in [6, 6.07) is 4.59. The predicted molar refractivity (Wildman–Crippen MR) is 65.3 cm³/mol. The van der Waals surface area contributed by atoms with Gasteiger partial charge in [0.25, 0.3) is 0 Å². The van der Waals surface area contributed by atoms with Crippen molar-refractivity contribution in [1.82, 2.24) is 0 Å². The molecule has 1 aromatic carbocycles. The van der Waals surface area contributed by atoms with Crippen molar-refractivity contribution in [2.24, 2.45) is 5.73 Å². The zero-order valence-corrected chi connectivity index (χ0v) is 10.2. The third-order valence-electron chi connectivity index (χ3n) is 2.85. The molecule has 1 heterocycles. The van der Waals surface area contributed by atoms with Crippen LogP contribution >= 0.6 is 0 Å². The average Bonchev–Trinajstić information content (AvgIpc) is 2.57. The van der Waals surface area contributed by atoms with E-state index in [0.717, 1.165) is 12.0 Å². The average molecular weight is 236 g/mol. The van der Waals surface area contributed by atoms with Gasteiger partial charge in [-0.3, -0.25) is 4.79 Å². The normalized spacial score (nSPS) is 14.9. The Bertz CT molecular complexity index is 451. The molecule has 0 aliphatic carbocycles. The van der Waals surface area contributed by atoms with Crippen LogP contribution in [0.3, 0.4) is 0 Å². The highest BCUT2D eigenvalue weighted by Gasteiger charge is 2.27. The van der Waals surface area contributed by atoms with Crippen LogP contribution in [0.25, 0.3) is 0 Å². The minimum absolute atomic E-state index is 0.0400. The van der Waals surface area contributed by atoms with Gasteiger partial charge in [0.2, 0.25) is 5.91 Å². The van der Waals surface area contributed by atoms with Crippen LogP contribution in [0.5, 0.6) is 0 Å². The third kappa shape index (κ3) is 2.64. The highest BCUT2D eigenvalue weighted by atomic mass is 19.1. The van der Waals surface area contributed by atoms with Gasteiger partial charge in [-0.2, -0.15) is 0 Å². The number of amides is 1. The summed E-state index contributed by atoms with van der Waals surface area (Å²) >= 11 is 0. The van der Waals surface area contributed by atoms with Crippen molar-refractivity contribution < 1.29 is 9.18 Å². The molecule has 1 aromatic rings. The fourth-order valence-corrected chi connectivity index (χ4v) is 2.10. The number of fused-ring (bicyclic) bond motifs is 1. The molecule has 0 atom stereocenters. The van der Waals surface area contributed by atoms with Crippen LogP contribution in [-0.4, -0.2) is 18.0 Å². The lowest BCUT2D eigenvalue weighted by Crippen LogP contribution is -2.40. The number of carbonyl (C=O) groups excluding carboxylic acids is 1. The van der Waals surface area contributed by atoms with Crippen LogP contribution in [0.4, 0.5) is 10.1 Å². The van der Waals surface area contributed by atoms with Crippen LogP contribution < -0.4 is 10.6 Å². The van der Waals surface area contributed by atoms with E-state index in [1.54, 1.807) is 11.0 Å². The number of nitrogens with two attached hydrogens (primary N) is 1. The summed E-state index contributed by atoms with van der Waals surface area (Å²) in [4.78, 5) is 13.7. The lowest BCUT2D eigenvalue weighted by atomic mass is 10.0. The first kappa shape index (κ1) is 12.0. The first-order chi connectivity index (χ1) is 7.87. The summed E-state index contributed by atoms with van der Waals surface area (Å²) in [6.07, 6.45) is 1.05. The molecule has 17 heavy (non-hydrogen) atoms. The molecule has 4 heteroatoms. The maximum atomic E-state index is 13.2. The summed E-state index contributed by atoms with van der Waals surface area (Å²) in [5.41, 5.74) is 7.01. The summed E-state index contributed by atoms with van der Waals surface area (Å²) in [5, 5.41) is 0. The molecular formula is C13H17FN2O. The van der Waals surface area contributed by atoms with Crippen molar-refractivity contribution >= 4 is 11.6 Å². The smallest absolute Gasteiger partial charge is 0.228 e. The molecule has 2 N–H and O–H groups in total. The van der Waals surface area contributed by atoms with E-state index >= 15 is 0 Å². The highest BCUT2D eigenvalue weighted by molar-refractivity contribution is 5.96. The third-order valence-corrected chi connectivity index (χ3v) is 2.85. The van der Waals surface area contributed by atoms with Gasteiger partial charge in [-0.15, -0.1) is 0 Å². The zero-order valence-electron chi connectivity index (χ0n) is 10.2. The Kier molecular flexibility index (Phi) is 2.91. The minimum Gasteiger partial charge on any atom is -0.325 e. The van der Waals surface area contributed by atoms with E-state index in [4.69, 9.17) is 5.73 Å². The van der Waals surface area contributed by atoms with Gasteiger partial charge in [0.1, 0.15) is 5.82 Å². The molecule has 2 rings (SSSR count). The van der Waals surface area contributed by atoms with Crippen molar-refractivity contribution in [1.29, 1.82) is 0 Å². The molecule has 0 radical (unpaired) electrons. The topological polar surface area (TPSA) is 46.3 Å². The molecule has 92 valence electrons.